The molecule has 1 aliphatic rings. The second-order valence-corrected chi connectivity index (χ2v) is 3.93. The Morgan fingerprint density at radius 3 is 2.85 bits per heavy atom. The molecule has 0 aromatic heterocycles. The van der Waals surface area contributed by atoms with Gasteiger partial charge in [0.2, 0.25) is 0 Å². The summed E-state index contributed by atoms with van der Waals surface area (Å²) < 4.78 is 2.02. The highest BCUT2D eigenvalue weighted by Gasteiger charge is 2.28. The van der Waals surface area contributed by atoms with E-state index in [2.05, 4.69) is 9.39 Å². The number of nitrogens with zero attached hydrogens (tertiary/aromatic N) is 2. The molecule has 0 aromatic rings. The average Bonchev–Trinajstić information content (AvgIpc) is 2.16. The van der Waals surface area contributed by atoms with Gasteiger partial charge in [0, 0.05) is 13.6 Å². The maximum atomic E-state index is 11.7. The highest BCUT2D eigenvalue weighted by molar-refractivity contribution is 7.13. The van der Waals surface area contributed by atoms with Gasteiger partial charge in [-0.25, -0.2) is 5.06 Å². The van der Waals surface area contributed by atoms with Crippen molar-refractivity contribution in [1.82, 2.24) is 9.73 Å². The molecular weight excluding hydrogens is 187 g/mol. The number of rotatable bonds is 2. The third-order valence-electron chi connectivity index (χ3n) is 2.41. The lowest BCUT2D eigenvalue weighted by atomic mass is 10.0. The van der Waals surface area contributed by atoms with Crippen LogP contribution >= 0.6 is 9.39 Å². The van der Waals surface area contributed by atoms with Crippen LogP contribution in [0.1, 0.15) is 19.3 Å². The van der Waals surface area contributed by atoms with Crippen molar-refractivity contribution in [3.63, 3.8) is 0 Å². The van der Waals surface area contributed by atoms with Crippen LogP contribution in [0.4, 0.5) is 0 Å². The molecule has 4 nitrogen and oxygen atoms in total. The van der Waals surface area contributed by atoms with Crippen molar-refractivity contribution in [2.75, 3.05) is 20.7 Å². The largest absolute Gasteiger partial charge is 0.275 e. The van der Waals surface area contributed by atoms with Crippen molar-refractivity contribution in [2.45, 2.75) is 25.3 Å². The monoisotopic (exact) mass is 204 g/mol. The number of carbonyl (C=O) groups excluding carboxylic acids is 1. The van der Waals surface area contributed by atoms with Gasteiger partial charge in [0.1, 0.15) is 0 Å². The number of likely N-dealkylation sites (N-methyl/N-ethyl adjacent to an activating group) is 1. The van der Waals surface area contributed by atoms with E-state index in [0.29, 0.717) is 0 Å². The summed E-state index contributed by atoms with van der Waals surface area (Å²) in [7, 11) is 5.77. The molecule has 13 heavy (non-hydrogen) atoms. The van der Waals surface area contributed by atoms with Gasteiger partial charge in [0.05, 0.1) is 13.2 Å². The SMILES string of the molecule is CON(C)C(=O)C1CCCCN1P. The van der Waals surface area contributed by atoms with Crippen LogP contribution in [0.2, 0.25) is 0 Å². The predicted octanol–water partition coefficient (Wildman–Crippen LogP) is 0.651. The lowest BCUT2D eigenvalue weighted by Crippen LogP contribution is -2.45. The highest BCUT2D eigenvalue weighted by Crippen LogP contribution is 2.21. The summed E-state index contributed by atoms with van der Waals surface area (Å²) in [5, 5.41) is 1.30. The Hall–Kier alpha value is -0.180. The summed E-state index contributed by atoms with van der Waals surface area (Å²) in [5.41, 5.74) is 0. The van der Waals surface area contributed by atoms with Gasteiger partial charge in [-0.3, -0.25) is 14.3 Å². The second kappa shape index (κ2) is 4.89. The minimum atomic E-state index is -0.0244. The van der Waals surface area contributed by atoms with Crippen molar-refractivity contribution in [2.24, 2.45) is 0 Å². The minimum Gasteiger partial charge on any atom is -0.275 e. The van der Waals surface area contributed by atoms with Gasteiger partial charge < -0.3 is 0 Å². The molecule has 0 radical (unpaired) electrons. The molecule has 1 heterocycles. The average molecular weight is 204 g/mol. The standard InChI is InChI=1S/C8H17N2O2P/c1-9(12-2)8(11)7-5-3-4-6-10(7)13/h7H,3-6,13H2,1-2H3. The third kappa shape index (κ3) is 2.63. The summed E-state index contributed by atoms with van der Waals surface area (Å²) in [6.07, 6.45) is 3.22. The first-order valence-electron chi connectivity index (χ1n) is 4.50. The maximum absolute atomic E-state index is 11.7. The third-order valence-corrected chi connectivity index (χ3v) is 3.03. The Balaban J connectivity index is 2.53. The zero-order valence-corrected chi connectivity index (χ0v) is 9.35. The van der Waals surface area contributed by atoms with E-state index in [1.165, 1.54) is 18.6 Å². The Kier molecular flexibility index (Phi) is 4.10. The van der Waals surface area contributed by atoms with Crippen molar-refractivity contribution in [3.05, 3.63) is 0 Å². The molecule has 0 N–H and O–H groups in total. The van der Waals surface area contributed by atoms with Crippen LogP contribution in [0.3, 0.4) is 0 Å². The van der Waals surface area contributed by atoms with E-state index in [-0.39, 0.29) is 11.9 Å². The van der Waals surface area contributed by atoms with Crippen LogP contribution in [0, 0.1) is 0 Å². The molecule has 0 bridgehead atoms. The summed E-state index contributed by atoms with van der Waals surface area (Å²) in [5.74, 6) is 0.0391. The van der Waals surface area contributed by atoms with Crippen LogP contribution in [-0.4, -0.2) is 42.4 Å². The van der Waals surface area contributed by atoms with Gasteiger partial charge in [-0.05, 0) is 12.8 Å². The summed E-state index contributed by atoms with van der Waals surface area (Å²) in [6.45, 7) is 0.971. The topological polar surface area (TPSA) is 32.8 Å². The molecule has 76 valence electrons. The van der Waals surface area contributed by atoms with Crippen molar-refractivity contribution in [3.8, 4) is 0 Å². The quantitative estimate of drug-likeness (QED) is 0.489. The van der Waals surface area contributed by atoms with Gasteiger partial charge in [0.15, 0.2) is 0 Å². The molecule has 2 unspecified atom stereocenters. The van der Waals surface area contributed by atoms with Gasteiger partial charge in [-0.15, -0.1) is 0 Å². The number of hydrogen-bond donors (Lipinski definition) is 0. The molecule has 1 amide bonds. The zero-order chi connectivity index (χ0) is 9.84. The first-order chi connectivity index (χ1) is 6.16. The molecule has 0 aliphatic carbocycles. The fraction of sp³-hybridized carbons (Fsp3) is 0.875. The van der Waals surface area contributed by atoms with E-state index in [1.807, 2.05) is 4.67 Å². The van der Waals surface area contributed by atoms with E-state index >= 15 is 0 Å². The summed E-state index contributed by atoms with van der Waals surface area (Å²) >= 11 is 0. The molecule has 1 saturated heterocycles. The lowest BCUT2D eigenvalue weighted by molar-refractivity contribution is -0.173. The molecule has 1 aliphatic heterocycles. The Bertz CT molecular complexity index is 189. The van der Waals surface area contributed by atoms with E-state index in [1.54, 1.807) is 7.05 Å². The Labute approximate surface area is 81.4 Å². The van der Waals surface area contributed by atoms with Crippen molar-refractivity contribution < 1.29 is 9.63 Å². The molecule has 1 rings (SSSR count). The first-order valence-corrected chi connectivity index (χ1v) is 5.01. The number of piperidine rings is 1. The van der Waals surface area contributed by atoms with E-state index in [0.717, 1.165) is 19.4 Å². The minimum absolute atomic E-state index is 0.0244. The highest BCUT2D eigenvalue weighted by atomic mass is 31.0. The number of hydrogen-bond acceptors (Lipinski definition) is 3. The number of hydroxylamine groups is 2. The smallest absolute Gasteiger partial charge is 0.263 e. The van der Waals surface area contributed by atoms with Gasteiger partial charge in [-0.2, -0.15) is 0 Å². The molecule has 1 fully saturated rings. The van der Waals surface area contributed by atoms with Gasteiger partial charge in [0.25, 0.3) is 5.91 Å². The van der Waals surface area contributed by atoms with E-state index in [4.69, 9.17) is 4.84 Å². The second-order valence-electron chi connectivity index (χ2n) is 3.27. The Morgan fingerprint density at radius 2 is 2.31 bits per heavy atom. The number of amides is 1. The molecular formula is C8H17N2O2P. The van der Waals surface area contributed by atoms with Gasteiger partial charge >= 0.3 is 0 Å². The van der Waals surface area contributed by atoms with Crippen LogP contribution in [0.25, 0.3) is 0 Å². The van der Waals surface area contributed by atoms with E-state index < -0.39 is 0 Å². The normalized spacial score (nSPS) is 24.4. The van der Waals surface area contributed by atoms with Crippen molar-refractivity contribution >= 4 is 15.3 Å². The van der Waals surface area contributed by atoms with Gasteiger partial charge in [-0.1, -0.05) is 15.8 Å². The van der Waals surface area contributed by atoms with Crippen molar-refractivity contribution in [1.29, 1.82) is 0 Å². The maximum Gasteiger partial charge on any atom is 0.263 e. The zero-order valence-electron chi connectivity index (χ0n) is 8.19. The fourth-order valence-electron chi connectivity index (χ4n) is 1.52. The van der Waals surface area contributed by atoms with Crippen LogP contribution < -0.4 is 0 Å². The molecule has 0 aromatic carbocycles. The Morgan fingerprint density at radius 1 is 1.62 bits per heavy atom. The number of carbonyl (C=O) groups is 1. The summed E-state index contributed by atoms with van der Waals surface area (Å²) in [6, 6.07) is -0.0244. The molecule has 0 saturated carbocycles. The summed E-state index contributed by atoms with van der Waals surface area (Å²) in [4.78, 5) is 16.5. The van der Waals surface area contributed by atoms with Crippen LogP contribution in [0.15, 0.2) is 0 Å². The molecule has 5 heteroatoms. The molecule has 0 spiro atoms. The first kappa shape index (κ1) is 10.9. The molecule has 2 atom stereocenters. The predicted molar refractivity (Wildman–Crippen MR) is 53.8 cm³/mol. The lowest BCUT2D eigenvalue weighted by Gasteiger charge is -2.32. The van der Waals surface area contributed by atoms with Crippen LogP contribution in [-0.2, 0) is 9.63 Å². The van der Waals surface area contributed by atoms with E-state index in [9.17, 15) is 4.79 Å². The fourth-order valence-corrected chi connectivity index (χ4v) is 1.98. The van der Waals surface area contributed by atoms with Crippen LogP contribution in [0.5, 0.6) is 0 Å².